The van der Waals surface area contributed by atoms with Gasteiger partial charge in [0.25, 0.3) is 5.91 Å². The first-order valence-electron chi connectivity index (χ1n) is 7.17. The van der Waals surface area contributed by atoms with Crippen molar-refractivity contribution in [1.29, 1.82) is 0 Å². The monoisotopic (exact) mass is 354 g/mol. The van der Waals surface area contributed by atoms with Crippen molar-refractivity contribution < 1.29 is 4.79 Å². The van der Waals surface area contributed by atoms with Crippen molar-refractivity contribution in [2.75, 3.05) is 5.32 Å². The maximum Gasteiger partial charge on any atom is 0.273 e. The lowest BCUT2D eigenvalue weighted by atomic mass is 10.2. The second-order valence-corrected chi connectivity index (χ2v) is 6.56. The number of amides is 1. The molecule has 0 saturated heterocycles. The van der Waals surface area contributed by atoms with E-state index in [0.29, 0.717) is 15.8 Å². The van der Waals surface area contributed by atoms with Crippen LogP contribution in [0.3, 0.4) is 0 Å². The van der Waals surface area contributed by atoms with Gasteiger partial charge >= 0.3 is 0 Å². The minimum Gasteiger partial charge on any atom is -0.350 e. The van der Waals surface area contributed by atoms with Crippen LogP contribution in [0.25, 0.3) is 21.5 Å². The van der Waals surface area contributed by atoms with E-state index in [1.54, 1.807) is 18.2 Å². The van der Waals surface area contributed by atoms with E-state index in [0.717, 1.165) is 21.5 Å². The molecule has 5 nitrogen and oxygen atoms in total. The molecule has 1 amide bonds. The van der Waals surface area contributed by atoms with Crippen molar-refractivity contribution in [3.63, 3.8) is 0 Å². The number of carbonyl (C=O) groups excluding carboxylic acids is 1. The van der Waals surface area contributed by atoms with Crippen molar-refractivity contribution in [3.8, 4) is 10.6 Å². The zero-order valence-electron chi connectivity index (χ0n) is 12.3. The third-order valence-electron chi connectivity index (χ3n) is 3.50. The number of nitrogens with zero attached hydrogens (tertiary/aromatic N) is 2. The largest absolute Gasteiger partial charge is 0.350 e. The van der Waals surface area contributed by atoms with E-state index in [1.807, 2.05) is 36.4 Å². The van der Waals surface area contributed by atoms with Gasteiger partial charge in [-0.1, -0.05) is 59.3 Å². The number of nitrogens with one attached hydrogen (secondary N) is 2. The summed E-state index contributed by atoms with van der Waals surface area (Å²) in [7, 11) is 0. The zero-order valence-corrected chi connectivity index (χ0v) is 13.9. The summed E-state index contributed by atoms with van der Waals surface area (Å²) in [5, 5.41) is 13.7. The van der Waals surface area contributed by atoms with E-state index in [1.165, 1.54) is 11.3 Å². The molecule has 0 saturated carbocycles. The van der Waals surface area contributed by atoms with Crippen LogP contribution in [0.5, 0.6) is 0 Å². The summed E-state index contributed by atoms with van der Waals surface area (Å²) in [6.45, 7) is 0. The Kier molecular flexibility index (Phi) is 3.76. The van der Waals surface area contributed by atoms with Gasteiger partial charge in [0.1, 0.15) is 10.7 Å². The Morgan fingerprint density at radius 3 is 2.75 bits per heavy atom. The lowest BCUT2D eigenvalue weighted by Crippen LogP contribution is -2.11. The van der Waals surface area contributed by atoms with E-state index in [4.69, 9.17) is 11.6 Å². The number of halogens is 1. The molecule has 0 unspecified atom stereocenters. The smallest absolute Gasteiger partial charge is 0.273 e. The Hall–Kier alpha value is -2.70. The number of aromatic nitrogens is 3. The van der Waals surface area contributed by atoms with Gasteiger partial charge in [-0.05, 0) is 18.2 Å². The molecular formula is C17H11ClN4OS. The van der Waals surface area contributed by atoms with Gasteiger partial charge in [0.15, 0.2) is 0 Å². The third kappa shape index (κ3) is 2.89. The molecule has 2 N–H and O–H groups in total. The highest BCUT2D eigenvalue weighted by molar-refractivity contribution is 7.18. The molecule has 118 valence electrons. The molecule has 0 aliphatic heterocycles. The number of fused-ring (bicyclic) bond motifs is 1. The maximum absolute atomic E-state index is 12.4. The Morgan fingerprint density at radius 1 is 1.08 bits per heavy atom. The summed E-state index contributed by atoms with van der Waals surface area (Å²) < 4.78 is 0. The first kappa shape index (κ1) is 14.9. The number of aromatic amines is 1. The molecule has 4 aromatic rings. The number of carbonyl (C=O) groups is 1. The van der Waals surface area contributed by atoms with Crippen LogP contribution in [0.4, 0.5) is 5.13 Å². The summed E-state index contributed by atoms with van der Waals surface area (Å²) in [6.07, 6.45) is 0. The molecule has 24 heavy (non-hydrogen) atoms. The quantitative estimate of drug-likeness (QED) is 0.565. The molecule has 0 spiro atoms. The fourth-order valence-corrected chi connectivity index (χ4v) is 3.27. The molecule has 2 aromatic heterocycles. The van der Waals surface area contributed by atoms with Crippen molar-refractivity contribution in [3.05, 3.63) is 65.3 Å². The molecule has 0 aliphatic rings. The summed E-state index contributed by atoms with van der Waals surface area (Å²) in [6, 6.07) is 16.9. The average Bonchev–Trinajstić information content (AvgIpc) is 3.22. The highest BCUT2D eigenvalue weighted by Gasteiger charge is 2.13. The minimum atomic E-state index is -0.266. The van der Waals surface area contributed by atoms with Gasteiger partial charge in [0.2, 0.25) is 5.13 Å². The predicted molar refractivity (Wildman–Crippen MR) is 96.6 cm³/mol. The van der Waals surface area contributed by atoms with Gasteiger partial charge in [0.05, 0.1) is 0 Å². The van der Waals surface area contributed by atoms with Gasteiger partial charge in [-0.3, -0.25) is 10.1 Å². The standard InChI is InChI=1S/C17H11ClN4OS/c18-12-7-6-11-8-14(19-13(11)9-12)15(23)20-17-22-21-16(24-17)10-4-2-1-3-5-10/h1-9,19H,(H,20,22,23). The lowest BCUT2D eigenvalue weighted by Gasteiger charge is -1.97. The fourth-order valence-electron chi connectivity index (χ4n) is 2.36. The van der Waals surface area contributed by atoms with Crippen LogP contribution in [0.1, 0.15) is 10.5 Å². The van der Waals surface area contributed by atoms with Crippen molar-refractivity contribution in [2.45, 2.75) is 0 Å². The molecule has 2 heterocycles. The molecule has 0 atom stereocenters. The topological polar surface area (TPSA) is 70.7 Å². The van der Waals surface area contributed by atoms with E-state index >= 15 is 0 Å². The number of H-pyrrole nitrogens is 1. The normalized spacial score (nSPS) is 10.9. The molecule has 4 rings (SSSR count). The van der Waals surface area contributed by atoms with Gasteiger partial charge < -0.3 is 4.98 Å². The molecule has 0 radical (unpaired) electrons. The van der Waals surface area contributed by atoms with Gasteiger partial charge in [-0.2, -0.15) is 0 Å². The second kappa shape index (κ2) is 6.07. The summed E-state index contributed by atoms with van der Waals surface area (Å²) in [5.41, 5.74) is 2.23. The van der Waals surface area contributed by atoms with Crippen LogP contribution in [0.2, 0.25) is 5.02 Å². The fraction of sp³-hybridized carbons (Fsp3) is 0. The summed E-state index contributed by atoms with van der Waals surface area (Å²) >= 11 is 7.29. The highest BCUT2D eigenvalue weighted by atomic mass is 35.5. The van der Waals surface area contributed by atoms with Gasteiger partial charge in [-0.25, -0.2) is 0 Å². The molecule has 0 aliphatic carbocycles. The maximum atomic E-state index is 12.4. The van der Waals surface area contributed by atoms with Crippen molar-refractivity contribution in [2.24, 2.45) is 0 Å². The van der Waals surface area contributed by atoms with Gasteiger partial charge in [0, 0.05) is 21.5 Å². The van der Waals surface area contributed by atoms with Crippen LogP contribution in [0.15, 0.2) is 54.6 Å². The second-order valence-electron chi connectivity index (χ2n) is 5.15. The number of anilines is 1. The number of benzene rings is 2. The first-order valence-corrected chi connectivity index (χ1v) is 8.37. The van der Waals surface area contributed by atoms with Crippen LogP contribution in [-0.4, -0.2) is 21.1 Å². The predicted octanol–water partition coefficient (Wildman–Crippen LogP) is 4.59. The first-order chi connectivity index (χ1) is 11.7. The number of rotatable bonds is 3. The number of hydrogen-bond acceptors (Lipinski definition) is 4. The van der Waals surface area contributed by atoms with Crippen LogP contribution in [0, 0.1) is 0 Å². The molecule has 2 aromatic carbocycles. The van der Waals surface area contributed by atoms with E-state index in [-0.39, 0.29) is 5.91 Å². The van der Waals surface area contributed by atoms with Crippen LogP contribution >= 0.6 is 22.9 Å². The van der Waals surface area contributed by atoms with Crippen molar-refractivity contribution >= 4 is 44.9 Å². The molecular weight excluding hydrogens is 344 g/mol. The molecule has 0 bridgehead atoms. The minimum absolute atomic E-state index is 0.266. The third-order valence-corrected chi connectivity index (χ3v) is 4.62. The number of hydrogen-bond donors (Lipinski definition) is 2. The molecule has 0 fully saturated rings. The van der Waals surface area contributed by atoms with Crippen LogP contribution < -0.4 is 5.32 Å². The summed E-state index contributed by atoms with van der Waals surface area (Å²) in [5.74, 6) is -0.266. The average molecular weight is 355 g/mol. The SMILES string of the molecule is O=C(Nc1nnc(-c2ccccc2)s1)c1cc2ccc(Cl)cc2[nH]1. The Balaban J connectivity index is 1.56. The van der Waals surface area contributed by atoms with Crippen LogP contribution in [-0.2, 0) is 0 Å². The van der Waals surface area contributed by atoms with E-state index < -0.39 is 0 Å². The van der Waals surface area contributed by atoms with Gasteiger partial charge in [-0.15, -0.1) is 10.2 Å². The lowest BCUT2D eigenvalue weighted by molar-refractivity contribution is 0.102. The highest BCUT2D eigenvalue weighted by Crippen LogP contribution is 2.26. The summed E-state index contributed by atoms with van der Waals surface area (Å²) in [4.78, 5) is 15.4. The Labute approximate surface area is 146 Å². The van der Waals surface area contributed by atoms with E-state index in [2.05, 4.69) is 20.5 Å². The Bertz CT molecular complexity index is 1030. The van der Waals surface area contributed by atoms with E-state index in [9.17, 15) is 4.79 Å². The van der Waals surface area contributed by atoms with Crippen molar-refractivity contribution in [1.82, 2.24) is 15.2 Å². The molecule has 7 heteroatoms. The Morgan fingerprint density at radius 2 is 1.92 bits per heavy atom. The zero-order chi connectivity index (χ0) is 16.5.